The molecule has 0 unspecified atom stereocenters. The van der Waals surface area contributed by atoms with Gasteiger partial charge in [0.05, 0.1) is 17.7 Å². The van der Waals surface area contributed by atoms with Gasteiger partial charge in [0.2, 0.25) is 0 Å². The molecule has 2 aromatic rings. The largest absolute Gasteiger partial charge is 0.507 e. The number of phenolic OH excluding ortho intramolecular Hbond substituents is 1. The molecule has 2 aromatic carbocycles. The van der Waals surface area contributed by atoms with Gasteiger partial charge in [-0.1, -0.05) is 24.3 Å². The molecule has 0 fully saturated rings. The molecular weight excluding hydrogens is 244 g/mol. The maximum atomic E-state index is 12.0. The van der Waals surface area contributed by atoms with Crippen molar-refractivity contribution in [3.63, 3.8) is 0 Å². The highest BCUT2D eigenvalue weighted by atomic mass is 16.5. The summed E-state index contributed by atoms with van der Waals surface area (Å²) in [6, 6.07) is 6.90. The molecule has 0 saturated carbocycles. The highest BCUT2D eigenvalue weighted by molar-refractivity contribution is 6.11. The molecule has 1 N–H and O–H groups in total. The zero-order valence-electron chi connectivity index (χ0n) is 10.8. The first-order valence-electron chi connectivity index (χ1n) is 5.98. The van der Waals surface area contributed by atoms with Gasteiger partial charge in [0, 0.05) is 10.8 Å². The Morgan fingerprint density at radius 2 is 1.95 bits per heavy atom. The third kappa shape index (κ3) is 2.05. The summed E-state index contributed by atoms with van der Waals surface area (Å²) >= 11 is 0. The topological polar surface area (TPSA) is 63.6 Å². The third-order valence-corrected chi connectivity index (χ3v) is 3.08. The quantitative estimate of drug-likeness (QED) is 0.679. The van der Waals surface area contributed by atoms with E-state index in [9.17, 15) is 14.7 Å². The second-order valence-electron chi connectivity index (χ2n) is 4.15. The number of esters is 1. The van der Waals surface area contributed by atoms with Crippen LogP contribution in [0.4, 0.5) is 0 Å². The number of hydrogen-bond acceptors (Lipinski definition) is 4. The van der Waals surface area contributed by atoms with E-state index in [4.69, 9.17) is 4.74 Å². The zero-order chi connectivity index (χ0) is 14.0. The molecule has 0 amide bonds. The average molecular weight is 258 g/mol. The summed E-state index contributed by atoms with van der Waals surface area (Å²) in [5.74, 6) is -0.588. The summed E-state index contributed by atoms with van der Waals surface area (Å²) in [6.07, 6.45) is 0.555. The fourth-order valence-electron chi connectivity index (χ4n) is 2.18. The number of hydrogen-bond donors (Lipinski definition) is 1. The van der Waals surface area contributed by atoms with Gasteiger partial charge in [-0.25, -0.2) is 4.79 Å². The Morgan fingerprint density at radius 1 is 1.32 bits per heavy atom. The first-order chi connectivity index (χ1) is 9.11. The normalized spacial score (nSPS) is 10.4. The van der Waals surface area contributed by atoms with Gasteiger partial charge in [-0.2, -0.15) is 0 Å². The Balaban J connectivity index is 2.88. The maximum Gasteiger partial charge on any atom is 0.339 e. The minimum Gasteiger partial charge on any atom is -0.507 e. The monoisotopic (exact) mass is 258 g/mol. The van der Waals surface area contributed by atoms with Crippen LogP contribution in [0.15, 0.2) is 24.3 Å². The highest BCUT2D eigenvalue weighted by Gasteiger charge is 2.21. The standard InChI is InChI=1S/C15H14O4/c1-3-19-15(18)13-9(2)12(8-16)14(17)11-7-5-4-6-10(11)13/h4-8,17H,3H2,1-2H3. The fourth-order valence-corrected chi connectivity index (χ4v) is 2.18. The highest BCUT2D eigenvalue weighted by Crippen LogP contribution is 2.34. The van der Waals surface area contributed by atoms with Crippen molar-refractivity contribution in [3.8, 4) is 5.75 Å². The number of ether oxygens (including phenoxy) is 1. The van der Waals surface area contributed by atoms with Gasteiger partial charge in [0.1, 0.15) is 5.75 Å². The Labute approximate surface area is 110 Å². The summed E-state index contributed by atoms with van der Waals surface area (Å²) in [7, 11) is 0. The van der Waals surface area contributed by atoms with Crippen LogP contribution >= 0.6 is 0 Å². The number of carbonyl (C=O) groups excluding carboxylic acids is 2. The van der Waals surface area contributed by atoms with Gasteiger partial charge in [0.15, 0.2) is 6.29 Å². The summed E-state index contributed by atoms with van der Waals surface area (Å²) in [6.45, 7) is 3.60. The van der Waals surface area contributed by atoms with Crippen LogP contribution in [0.2, 0.25) is 0 Å². The van der Waals surface area contributed by atoms with Crippen LogP contribution in [0.5, 0.6) is 5.75 Å². The lowest BCUT2D eigenvalue weighted by Crippen LogP contribution is -2.09. The van der Waals surface area contributed by atoms with E-state index in [1.54, 1.807) is 38.1 Å². The van der Waals surface area contributed by atoms with Gasteiger partial charge in [-0.15, -0.1) is 0 Å². The van der Waals surface area contributed by atoms with E-state index in [2.05, 4.69) is 0 Å². The van der Waals surface area contributed by atoms with Crippen molar-refractivity contribution in [2.75, 3.05) is 6.61 Å². The predicted octanol–water partition coefficient (Wildman–Crippen LogP) is 2.84. The van der Waals surface area contributed by atoms with Crippen molar-refractivity contribution in [1.82, 2.24) is 0 Å². The van der Waals surface area contributed by atoms with Gasteiger partial charge < -0.3 is 9.84 Å². The van der Waals surface area contributed by atoms with Crippen molar-refractivity contribution >= 4 is 23.0 Å². The number of carbonyl (C=O) groups is 2. The Morgan fingerprint density at radius 3 is 2.53 bits per heavy atom. The fraction of sp³-hybridized carbons (Fsp3) is 0.200. The molecule has 0 aliphatic rings. The van der Waals surface area contributed by atoms with Crippen molar-refractivity contribution in [3.05, 3.63) is 41.0 Å². The number of fused-ring (bicyclic) bond motifs is 1. The van der Waals surface area contributed by atoms with E-state index >= 15 is 0 Å². The van der Waals surface area contributed by atoms with Gasteiger partial charge in [-0.3, -0.25) is 4.79 Å². The van der Waals surface area contributed by atoms with Crippen LogP contribution in [0, 0.1) is 6.92 Å². The van der Waals surface area contributed by atoms with Gasteiger partial charge in [-0.05, 0) is 19.4 Å². The van der Waals surface area contributed by atoms with Crippen molar-refractivity contribution in [1.29, 1.82) is 0 Å². The molecule has 0 heterocycles. The minimum atomic E-state index is -0.487. The van der Waals surface area contributed by atoms with E-state index in [1.165, 1.54) is 0 Å². The Kier molecular flexibility index (Phi) is 3.51. The van der Waals surface area contributed by atoms with Crippen molar-refractivity contribution in [2.24, 2.45) is 0 Å². The molecule has 98 valence electrons. The second-order valence-corrected chi connectivity index (χ2v) is 4.15. The van der Waals surface area contributed by atoms with Crippen molar-refractivity contribution in [2.45, 2.75) is 13.8 Å². The number of aldehydes is 1. The summed E-state index contributed by atoms with van der Waals surface area (Å²) in [5, 5.41) is 11.1. The molecule has 19 heavy (non-hydrogen) atoms. The predicted molar refractivity (Wildman–Crippen MR) is 71.7 cm³/mol. The first-order valence-corrected chi connectivity index (χ1v) is 5.98. The van der Waals surface area contributed by atoms with E-state index in [0.29, 0.717) is 28.2 Å². The van der Waals surface area contributed by atoms with Crippen LogP contribution in [0.25, 0.3) is 10.8 Å². The van der Waals surface area contributed by atoms with Gasteiger partial charge in [0.25, 0.3) is 0 Å². The molecule has 0 aromatic heterocycles. The summed E-state index contributed by atoms with van der Waals surface area (Å²) < 4.78 is 5.02. The van der Waals surface area contributed by atoms with Crippen molar-refractivity contribution < 1.29 is 19.4 Å². The van der Waals surface area contributed by atoms with Crippen LogP contribution in [0.1, 0.15) is 33.2 Å². The first kappa shape index (κ1) is 13.1. The van der Waals surface area contributed by atoms with Crippen LogP contribution in [0.3, 0.4) is 0 Å². The molecule has 2 rings (SSSR count). The van der Waals surface area contributed by atoms with Gasteiger partial charge >= 0.3 is 5.97 Å². The second kappa shape index (κ2) is 5.10. The molecule has 0 atom stereocenters. The van der Waals surface area contributed by atoms with Crippen LogP contribution in [-0.2, 0) is 4.74 Å². The van der Waals surface area contributed by atoms with Crippen LogP contribution < -0.4 is 0 Å². The van der Waals surface area contributed by atoms with E-state index in [1.807, 2.05) is 0 Å². The molecule has 0 saturated heterocycles. The third-order valence-electron chi connectivity index (χ3n) is 3.08. The molecule has 0 aliphatic carbocycles. The van der Waals surface area contributed by atoms with Crippen LogP contribution in [-0.4, -0.2) is 24.0 Å². The summed E-state index contributed by atoms with van der Waals surface area (Å²) in [5.41, 5.74) is 0.892. The Bertz CT molecular complexity index is 659. The molecule has 0 aliphatic heterocycles. The summed E-state index contributed by atoms with van der Waals surface area (Å²) in [4.78, 5) is 23.2. The molecule has 4 nitrogen and oxygen atoms in total. The molecular formula is C15H14O4. The minimum absolute atomic E-state index is 0.101. The van der Waals surface area contributed by atoms with E-state index in [-0.39, 0.29) is 17.9 Å². The van der Waals surface area contributed by atoms with E-state index in [0.717, 1.165) is 0 Å². The molecule has 0 spiro atoms. The lowest BCUT2D eigenvalue weighted by molar-refractivity contribution is 0.0528. The molecule has 0 radical (unpaired) electrons. The average Bonchev–Trinajstić information content (AvgIpc) is 2.40. The van der Waals surface area contributed by atoms with E-state index < -0.39 is 5.97 Å². The lowest BCUT2D eigenvalue weighted by atomic mass is 9.94. The number of phenols is 1. The smallest absolute Gasteiger partial charge is 0.339 e. The lowest BCUT2D eigenvalue weighted by Gasteiger charge is -2.13. The number of aromatic hydroxyl groups is 1. The number of benzene rings is 2. The SMILES string of the molecule is CCOC(=O)c1c(C)c(C=O)c(O)c2ccccc12. The molecule has 4 heteroatoms. The maximum absolute atomic E-state index is 12.0. The Hall–Kier alpha value is -2.36. The molecule has 0 bridgehead atoms. The number of rotatable bonds is 3. The zero-order valence-corrected chi connectivity index (χ0v) is 10.8.